The van der Waals surface area contributed by atoms with Gasteiger partial charge in [0.1, 0.15) is 0 Å². The van der Waals surface area contributed by atoms with Crippen LogP contribution in [0, 0.1) is 0 Å². The average Bonchev–Trinajstić information content (AvgIpc) is 2.28. The summed E-state index contributed by atoms with van der Waals surface area (Å²) in [4.78, 5) is 11.3. The van der Waals surface area contributed by atoms with Crippen LogP contribution in [0.2, 0.25) is 0 Å². The number of benzene rings is 1. The minimum atomic E-state index is -0.221. The Morgan fingerprint density at radius 1 is 1.26 bits per heavy atom. The molecule has 0 saturated carbocycles. The zero-order chi connectivity index (χ0) is 14.5. The summed E-state index contributed by atoms with van der Waals surface area (Å²) < 4.78 is 4.90. The van der Waals surface area contributed by atoms with E-state index in [1.165, 1.54) is 5.56 Å². The van der Waals surface area contributed by atoms with E-state index in [0.29, 0.717) is 13.0 Å². The Balaban J connectivity index is 2.56. The zero-order valence-electron chi connectivity index (χ0n) is 12.4. The van der Waals surface area contributed by atoms with Crippen molar-refractivity contribution in [3.8, 4) is 0 Å². The second-order valence-electron chi connectivity index (χ2n) is 5.92. The highest BCUT2D eigenvalue weighted by Gasteiger charge is 2.14. The molecule has 0 aliphatic heterocycles. The Labute approximate surface area is 116 Å². The molecule has 0 amide bonds. The molecule has 0 radical (unpaired) electrons. The quantitative estimate of drug-likeness (QED) is 0.831. The molecule has 1 atom stereocenters. The fourth-order valence-electron chi connectivity index (χ4n) is 1.95. The van der Waals surface area contributed by atoms with Crippen molar-refractivity contribution >= 4 is 5.97 Å². The summed E-state index contributed by atoms with van der Waals surface area (Å²) in [6.07, 6.45) is 0.970. The van der Waals surface area contributed by atoms with Gasteiger partial charge >= 0.3 is 5.97 Å². The molecule has 0 aromatic heterocycles. The molecule has 0 spiro atoms. The molecule has 2 N–H and O–H groups in total. The summed E-state index contributed by atoms with van der Waals surface area (Å²) in [5.41, 5.74) is 8.58. The van der Waals surface area contributed by atoms with Gasteiger partial charge < -0.3 is 10.5 Å². The van der Waals surface area contributed by atoms with Gasteiger partial charge in [0.05, 0.1) is 13.0 Å². The monoisotopic (exact) mass is 263 g/mol. The van der Waals surface area contributed by atoms with Gasteiger partial charge in [0.15, 0.2) is 0 Å². The second kappa shape index (κ2) is 6.71. The molecule has 1 unspecified atom stereocenters. The van der Waals surface area contributed by atoms with Crippen molar-refractivity contribution < 1.29 is 9.53 Å². The number of hydrogen-bond acceptors (Lipinski definition) is 3. The van der Waals surface area contributed by atoms with Crippen LogP contribution in [-0.4, -0.2) is 18.6 Å². The van der Waals surface area contributed by atoms with Gasteiger partial charge in [-0.15, -0.1) is 0 Å². The maximum atomic E-state index is 11.3. The lowest BCUT2D eigenvalue weighted by molar-refractivity contribution is -0.143. The van der Waals surface area contributed by atoms with Crippen LogP contribution in [0.4, 0.5) is 0 Å². The van der Waals surface area contributed by atoms with Gasteiger partial charge in [0.25, 0.3) is 0 Å². The predicted molar refractivity (Wildman–Crippen MR) is 78.1 cm³/mol. The molecule has 0 aliphatic carbocycles. The predicted octanol–water partition coefficient (Wildman–Crippen LogP) is 2.81. The molecule has 106 valence electrons. The average molecular weight is 263 g/mol. The summed E-state index contributed by atoms with van der Waals surface area (Å²) in [6.45, 7) is 8.78. The molecule has 1 aromatic carbocycles. The van der Waals surface area contributed by atoms with Crippen LogP contribution >= 0.6 is 0 Å². The van der Waals surface area contributed by atoms with Crippen molar-refractivity contribution in [2.45, 2.75) is 52.0 Å². The van der Waals surface area contributed by atoms with Crippen LogP contribution in [0.1, 0.15) is 45.2 Å². The fraction of sp³-hybridized carbons (Fsp3) is 0.562. The number of rotatable bonds is 5. The van der Waals surface area contributed by atoms with Crippen molar-refractivity contribution in [1.82, 2.24) is 0 Å². The molecule has 0 heterocycles. The third kappa shape index (κ3) is 5.43. The Bertz CT molecular complexity index is 404. The van der Waals surface area contributed by atoms with E-state index in [-0.39, 0.29) is 23.8 Å². The molecule has 3 heteroatoms. The van der Waals surface area contributed by atoms with E-state index in [1.54, 1.807) is 6.92 Å². The number of nitrogens with two attached hydrogens (primary N) is 1. The van der Waals surface area contributed by atoms with E-state index in [0.717, 1.165) is 5.56 Å². The molecule has 1 aromatic rings. The van der Waals surface area contributed by atoms with Crippen LogP contribution in [0.5, 0.6) is 0 Å². The highest BCUT2D eigenvalue weighted by Crippen LogP contribution is 2.22. The van der Waals surface area contributed by atoms with Crippen molar-refractivity contribution in [3.05, 3.63) is 35.4 Å². The summed E-state index contributed by atoms with van der Waals surface area (Å²) in [6, 6.07) is 8.26. The normalized spacial score (nSPS) is 13.1. The SMILES string of the molecule is CCOC(=O)CC(N)Cc1ccc(C(C)(C)C)cc1. The van der Waals surface area contributed by atoms with Crippen LogP contribution in [-0.2, 0) is 21.4 Å². The highest BCUT2D eigenvalue weighted by atomic mass is 16.5. The number of carbonyl (C=O) groups is 1. The minimum Gasteiger partial charge on any atom is -0.466 e. The first-order valence-electron chi connectivity index (χ1n) is 6.83. The minimum absolute atomic E-state index is 0.158. The first-order valence-corrected chi connectivity index (χ1v) is 6.83. The van der Waals surface area contributed by atoms with Gasteiger partial charge in [-0.3, -0.25) is 4.79 Å². The Morgan fingerprint density at radius 3 is 2.32 bits per heavy atom. The molecular formula is C16H25NO2. The topological polar surface area (TPSA) is 52.3 Å². The molecule has 0 bridgehead atoms. The lowest BCUT2D eigenvalue weighted by Gasteiger charge is -2.19. The molecular weight excluding hydrogens is 238 g/mol. The summed E-state index contributed by atoms with van der Waals surface area (Å²) in [5, 5.41) is 0. The third-order valence-electron chi connectivity index (χ3n) is 3.05. The van der Waals surface area contributed by atoms with Gasteiger partial charge in [-0.2, -0.15) is 0 Å². The molecule has 3 nitrogen and oxygen atoms in total. The van der Waals surface area contributed by atoms with Gasteiger partial charge in [0, 0.05) is 6.04 Å². The summed E-state index contributed by atoms with van der Waals surface area (Å²) in [5.74, 6) is -0.221. The van der Waals surface area contributed by atoms with E-state index in [1.807, 2.05) is 0 Å². The highest BCUT2D eigenvalue weighted by molar-refractivity contribution is 5.70. The van der Waals surface area contributed by atoms with Gasteiger partial charge in [-0.1, -0.05) is 45.0 Å². The largest absolute Gasteiger partial charge is 0.466 e. The summed E-state index contributed by atoms with van der Waals surface area (Å²) in [7, 11) is 0. The Morgan fingerprint density at radius 2 is 1.84 bits per heavy atom. The number of esters is 1. The van der Waals surface area contributed by atoms with Crippen molar-refractivity contribution in [1.29, 1.82) is 0 Å². The van der Waals surface area contributed by atoms with Gasteiger partial charge in [-0.25, -0.2) is 0 Å². The first kappa shape index (κ1) is 15.7. The van der Waals surface area contributed by atoms with Crippen LogP contribution in [0.3, 0.4) is 0 Å². The van der Waals surface area contributed by atoms with Gasteiger partial charge in [-0.05, 0) is 29.9 Å². The van der Waals surface area contributed by atoms with Crippen molar-refractivity contribution in [2.75, 3.05) is 6.61 Å². The smallest absolute Gasteiger partial charge is 0.307 e. The number of ether oxygens (including phenoxy) is 1. The van der Waals surface area contributed by atoms with Crippen molar-refractivity contribution in [2.24, 2.45) is 5.73 Å². The van der Waals surface area contributed by atoms with E-state index in [4.69, 9.17) is 10.5 Å². The summed E-state index contributed by atoms with van der Waals surface area (Å²) >= 11 is 0. The third-order valence-corrected chi connectivity index (χ3v) is 3.05. The van der Waals surface area contributed by atoms with E-state index in [2.05, 4.69) is 45.0 Å². The van der Waals surface area contributed by atoms with E-state index < -0.39 is 0 Å². The molecule has 19 heavy (non-hydrogen) atoms. The van der Waals surface area contributed by atoms with Crippen LogP contribution in [0.15, 0.2) is 24.3 Å². The maximum Gasteiger partial charge on any atom is 0.307 e. The number of hydrogen-bond donors (Lipinski definition) is 1. The number of carbonyl (C=O) groups excluding carboxylic acids is 1. The fourth-order valence-corrected chi connectivity index (χ4v) is 1.95. The van der Waals surface area contributed by atoms with E-state index in [9.17, 15) is 4.79 Å². The Hall–Kier alpha value is -1.35. The lowest BCUT2D eigenvalue weighted by Crippen LogP contribution is -2.27. The molecule has 0 saturated heterocycles. The first-order chi connectivity index (χ1) is 8.82. The maximum absolute atomic E-state index is 11.3. The van der Waals surface area contributed by atoms with E-state index >= 15 is 0 Å². The molecule has 1 rings (SSSR count). The second-order valence-corrected chi connectivity index (χ2v) is 5.92. The van der Waals surface area contributed by atoms with Crippen LogP contribution < -0.4 is 5.73 Å². The molecule has 0 aliphatic rings. The standard InChI is InChI=1S/C16H25NO2/c1-5-19-15(18)11-14(17)10-12-6-8-13(9-7-12)16(2,3)4/h6-9,14H,5,10-11,17H2,1-4H3. The van der Waals surface area contributed by atoms with Crippen molar-refractivity contribution in [3.63, 3.8) is 0 Å². The van der Waals surface area contributed by atoms with Crippen LogP contribution in [0.25, 0.3) is 0 Å². The molecule has 0 fully saturated rings. The Kier molecular flexibility index (Phi) is 5.55. The lowest BCUT2D eigenvalue weighted by atomic mass is 9.86. The zero-order valence-corrected chi connectivity index (χ0v) is 12.4. The van der Waals surface area contributed by atoms with Gasteiger partial charge in [0.2, 0.25) is 0 Å².